The van der Waals surface area contributed by atoms with Crippen molar-refractivity contribution in [2.75, 3.05) is 13.1 Å². The van der Waals surface area contributed by atoms with Crippen molar-refractivity contribution in [3.8, 4) is 0 Å². The summed E-state index contributed by atoms with van der Waals surface area (Å²) in [6, 6.07) is 0. The quantitative estimate of drug-likeness (QED) is 0.806. The molecule has 0 aliphatic rings. The lowest BCUT2D eigenvalue weighted by Crippen LogP contribution is -2.33. The molecule has 0 aliphatic heterocycles. The molecule has 1 amide bonds. The number of nitrogens with zero attached hydrogens (tertiary/aromatic N) is 2. The summed E-state index contributed by atoms with van der Waals surface area (Å²) in [6.45, 7) is 7.63. The third-order valence-corrected chi connectivity index (χ3v) is 2.31. The molecule has 0 aliphatic carbocycles. The van der Waals surface area contributed by atoms with Gasteiger partial charge in [-0.25, -0.2) is 4.98 Å². The fourth-order valence-corrected chi connectivity index (χ4v) is 1.58. The second-order valence-electron chi connectivity index (χ2n) is 3.67. The van der Waals surface area contributed by atoms with Gasteiger partial charge < -0.3 is 9.88 Å². The molecule has 4 heteroatoms. The summed E-state index contributed by atoms with van der Waals surface area (Å²) in [5.41, 5.74) is 1.40. The van der Waals surface area contributed by atoms with Crippen molar-refractivity contribution in [1.29, 1.82) is 0 Å². The third-order valence-electron chi connectivity index (χ3n) is 2.31. The molecule has 1 rings (SSSR count). The molecule has 0 saturated heterocycles. The van der Waals surface area contributed by atoms with Crippen LogP contribution >= 0.6 is 0 Å². The zero-order valence-electron chi connectivity index (χ0n) is 9.71. The molecular formula is C11H19N3O. The van der Waals surface area contributed by atoms with Gasteiger partial charge in [-0.15, -0.1) is 0 Å². The second-order valence-corrected chi connectivity index (χ2v) is 3.67. The van der Waals surface area contributed by atoms with E-state index in [0.29, 0.717) is 5.69 Å². The first-order chi connectivity index (χ1) is 7.20. The summed E-state index contributed by atoms with van der Waals surface area (Å²) in [5, 5.41) is 0. The Hall–Kier alpha value is -1.32. The van der Waals surface area contributed by atoms with E-state index in [1.807, 2.05) is 11.8 Å². The molecule has 1 heterocycles. The van der Waals surface area contributed by atoms with Crippen molar-refractivity contribution in [2.45, 2.75) is 33.6 Å². The van der Waals surface area contributed by atoms with Gasteiger partial charge in [0.25, 0.3) is 5.91 Å². The molecule has 0 unspecified atom stereocenters. The van der Waals surface area contributed by atoms with E-state index < -0.39 is 0 Å². The number of rotatable bonds is 5. The first-order valence-electron chi connectivity index (χ1n) is 5.49. The van der Waals surface area contributed by atoms with E-state index in [1.165, 1.54) is 0 Å². The number of H-pyrrole nitrogens is 1. The number of imidazole rings is 1. The van der Waals surface area contributed by atoms with E-state index in [-0.39, 0.29) is 5.91 Å². The fourth-order valence-electron chi connectivity index (χ4n) is 1.58. The Morgan fingerprint density at radius 1 is 1.40 bits per heavy atom. The van der Waals surface area contributed by atoms with Gasteiger partial charge in [-0.1, -0.05) is 13.8 Å². The van der Waals surface area contributed by atoms with Crippen molar-refractivity contribution in [2.24, 2.45) is 0 Å². The number of carbonyl (C=O) groups excluding carboxylic acids is 1. The number of hydrogen-bond donors (Lipinski definition) is 1. The third kappa shape index (κ3) is 2.81. The first kappa shape index (κ1) is 11.8. The van der Waals surface area contributed by atoms with Crippen LogP contribution in [0.15, 0.2) is 6.33 Å². The molecule has 0 spiro atoms. The zero-order valence-corrected chi connectivity index (χ0v) is 9.71. The number of aryl methyl sites for hydroxylation is 1. The van der Waals surface area contributed by atoms with Gasteiger partial charge in [0, 0.05) is 18.8 Å². The topological polar surface area (TPSA) is 49.0 Å². The molecule has 0 atom stereocenters. The van der Waals surface area contributed by atoms with Crippen LogP contribution in [-0.2, 0) is 0 Å². The fraction of sp³-hybridized carbons (Fsp3) is 0.636. The van der Waals surface area contributed by atoms with Gasteiger partial charge in [0.05, 0.1) is 6.33 Å². The standard InChI is InChI=1S/C11H19N3O/c1-4-6-14(7-5-2)11(15)10-9(3)12-8-13-10/h8H,4-7H2,1-3H3,(H,12,13). The maximum atomic E-state index is 12.1. The molecule has 1 aromatic heterocycles. The summed E-state index contributed by atoms with van der Waals surface area (Å²) in [7, 11) is 0. The van der Waals surface area contributed by atoms with Crippen LogP contribution in [0.1, 0.15) is 42.9 Å². The lowest BCUT2D eigenvalue weighted by atomic mass is 10.2. The predicted molar refractivity (Wildman–Crippen MR) is 59.8 cm³/mol. The van der Waals surface area contributed by atoms with Crippen LogP contribution in [0, 0.1) is 6.92 Å². The van der Waals surface area contributed by atoms with E-state index in [4.69, 9.17) is 0 Å². The summed E-state index contributed by atoms with van der Waals surface area (Å²) in [5.74, 6) is 0.0393. The first-order valence-corrected chi connectivity index (χ1v) is 5.49. The van der Waals surface area contributed by atoms with E-state index in [1.54, 1.807) is 6.33 Å². The molecule has 4 nitrogen and oxygen atoms in total. The Balaban J connectivity index is 2.76. The lowest BCUT2D eigenvalue weighted by Gasteiger charge is -2.20. The van der Waals surface area contributed by atoms with Gasteiger partial charge in [0.2, 0.25) is 0 Å². The maximum Gasteiger partial charge on any atom is 0.274 e. The van der Waals surface area contributed by atoms with Crippen LogP contribution in [-0.4, -0.2) is 33.9 Å². The number of aromatic amines is 1. The summed E-state index contributed by atoms with van der Waals surface area (Å²) in [4.78, 5) is 20.9. The van der Waals surface area contributed by atoms with Gasteiger partial charge in [0.15, 0.2) is 0 Å². The molecule has 0 saturated carbocycles. The van der Waals surface area contributed by atoms with Crippen LogP contribution in [0.3, 0.4) is 0 Å². The van der Waals surface area contributed by atoms with Crippen LogP contribution in [0.4, 0.5) is 0 Å². The maximum absolute atomic E-state index is 12.1. The molecule has 0 aromatic carbocycles. The summed E-state index contributed by atoms with van der Waals surface area (Å²) >= 11 is 0. The Morgan fingerprint density at radius 2 is 2.00 bits per heavy atom. The van der Waals surface area contributed by atoms with Crippen LogP contribution < -0.4 is 0 Å². The highest BCUT2D eigenvalue weighted by atomic mass is 16.2. The Kier molecular flexibility index (Phi) is 4.34. The zero-order chi connectivity index (χ0) is 11.3. The van der Waals surface area contributed by atoms with Gasteiger partial charge in [-0.05, 0) is 19.8 Å². The molecule has 0 radical (unpaired) electrons. The van der Waals surface area contributed by atoms with E-state index >= 15 is 0 Å². The Morgan fingerprint density at radius 3 is 2.40 bits per heavy atom. The van der Waals surface area contributed by atoms with E-state index in [2.05, 4.69) is 23.8 Å². The van der Waals surface area contributed by atoms with Crippen molar-refractivity contribution in [3.63, 3.8) is 0 Å². The van der Waals surface area contributed by atoms with Crippen LogP contribution in [0.5, 0.6) is 0 Å². The number of carbonyl (C=O) groups is 1. The highest BCUT2D eigenvalue weighted by molar-refractivity contribution is 5.93. The minimum atomic E-state index is 0.0393. The van der Waals surface area contributed by atoms with Gasteiger partial charge in [-0.2, -0.15) is 0 Å². The molecule has 15 heavy (non-hydrogen) atoms. The highest BCUT2D eigenvalue weighted by Crippen LogP contribution is 2.07. The molecule has 1 aromatic rings. The highest BCUT2D eigenvalue weighted by Gasteiger charge is 2.17. The minimum Gasteiger partial charge on any atom is -0.348 e. The average Bonchev–Trinajstić information content (AvgIpc) is 2.63. The number of nitrogens with one attached hydrogen (secondary N) is 1. The van der Waals surface area contributed by atoms with Crippen molar-refractivity contribution >= 4 is 5.91 Å². The molecular weight excluding hydrogens is 190 g/mol. The SMILES string of the molecule is CCCN(CCC)C(=O)c1nc[nH]c1C. The van der Waals surface area contributed by atoms with Gasteiger partial charge in [0.1, 0.15) is 5.69 Å². The van der Waals surface area contributed by atoms with E-state index in [9.17, 15) is 4.79 Å². The minimum absolute atomic E-state index is 0.0393. The Labute approximate surface area is 90.7 Å². The monoisotopic (exact) mass is 209 g/mol. The van der Waals surface area contributed by atoms with E-state index in [0.717, 1.165) is 31.6 Å². The number of amides is 1. The predicted octanol–water partition coefficient (Wildman–Crippen LogP) is 1.98. The number of hydrogen-bond acceptors (Lipinski definition) is 2. The van der Waals surface area contributed by atoms with Gasteiger partial charge in [-0.3, -0.25) is 4.79 Å². The second kappa shape index (κ2) is 5.53. The normalized spacial score (nSPS) is 10.3. The molecule has 0 fully saturated rings. The molecule has 84 valence electrons. The smallest absolute Gasteiger partial charge is 0.274 e. The van der Waals surface area contributed by atoms with Crippen molar-refractivity contribution < 1.29 is 4.79 Å². The largest absolute Gasteiger partial charge is 0.348 e. The van der Waals surface area contributed by atoms with Gasteiger partial charge >= 0.3 is 0 Å². The molecule has 0 bridgehead atoms. The number of aromatic nitrogens is 2. The lowest BCUT2D eigenvalue weighted by molar-refractivity contribution is 0.0749. The summed E-state index contributed by atoms with van der Waals surface area (Å²) < 4.78 is 0. The Bertz CT molecular complexity index is 313. The molecule has 1 N–H and O–H groups in total. The van der Waals surface area contributed by atoms with Crippen LogP contribution in [0.2, 0.25) is 0 Å². The van der Waals surface area contributed by atoms with Crippen molar-refractivity contribution in [3.05, 3.63) is 17.7 Å². The van der Waals surface area contributed by atoms with Crippen LogP contribution in [0.25, 0.3) is 0 Å². The average molecular weight is 209 g/mol. The van der Waals surface area contributed by atoms with Crippen molar-refractivity contribution in [1.82, 2.24) is 14.9 Å². The summed E-state index contributed by atoms with van der Waals surface area (Å²) in [6.07, 6.45) is 3.53.